The van der Waals surface area contributed by atoms with E-state index >= 15 is 0 Å². The maximum Gasteiger partial charge on any atom is 0.273 e. The Morgan fingerprint density at radius 2 is 1.74 bits per heavy atom. The number of hydrogen-bond donors (Lipinski definition) is 1. The fourth-order valence-corrected chi connectivity index (χ4v) is 4.64. The highest BCUT2D eigenvalue weighted by Gasteiger charge is 2.22. The van der Waals surface area contributed by atoms with Crippen molar-refractivity contribution in [3.8, 4) is 0 Å². The van der Waals surface area contributed by atoms with Gasteiger partial charge in [-0.3, -0.25) is 9.10 Å². The molecular formula is C18H14F2N2O3S2. The average Bonchev–Trinajstić information content (AvgIpc) is 3.20. The van der Waals surface area contributed by atoms with Gasteiger partial charge in [-0.1, -0.05) is 6.07 Å². The van der Waals surface area contributed by atoms with Gasteiger partial charge < -0.3 is 5.32 Å². The molecule has 9 heteroatoms. The van der Waals surface area contributed by atoms with Crippen LogP contribution in [0.2, 0.25) is 0 Å². The van der Waals surface area contributed by atoms with Crippen LogP contribution in [0.25, 0.3) is 0 Å². The average molecular weight is 408 g/mol. The monoisotopic (exact) mass is 408 g/mol. The smallest absolute Gasteiger partial charge is 0.273 e. The largest absolute Gasteiger partial charge is 0.322 e. The maximum atomic E-state index is 13.2. The third kappa shape index (κ3) is 3.99. The molecule has 1 amide bonds. The first kappa shape index (κ1) is 19.0. The summed E-state index contributed by atoms with van der Waals surface area (Å²) < 4.78 is 52.5. The lowest BCUT2D eigenvalue weighted by atomic mass is 10.2. The quantitative estimate of drug-likeness (QED) is 0.691. The summed E-state index contributed by atoms with van der Waals surface area (Å²) in [6.45, 7) is 0. The molecule has 3 rings (SSSR count). The second kappa shape index (κ2) is 7.45. The van der Waals surface area contributed by atoms with Gasteiger partial charge in [-0.15, -0.1) is 11.3 Å². The molecule has 0 radical (unpaired) electrons. The fraction of sp³-hybridized carbons (Fsp3) is 0.0556. The van der Waals surface area contributed by atoms with Crippen molar-refractivity contribution in [2.75, 3.05) is 16.7 Å². The van der Waals surface area contributed by atoms with E-state index in [1.54, 1.807) is 11.4 Å². The zero-order valence-corrected chi connectivity index (χ0v) is 15.7. The fourth-order valence-electron chi connectivity index (χ4n) is 2.28. The summed E-state index contributed by atoms with van der Waals surface area (Å²) in [7, 11) is -2.24. The molecule has 0 aliphatic heterocycles. The van der Waals surface area contributed by atoms with Crippen LogP contribution >= 0.6 is 11.3 Å². The van der Waals surface area contributed by atoms with E-state index in [2.05, 4.69) is 5.32 Å². The lowest BCUT2D eigenvalue weighted by Crippen LogP contribution is -2.25. The van der Waals surface area contributed by atoms with Gasteiger partial charge >= 0.3 is 0 Å². The Hall–Kier alpha value is -2.78. The van der Waals surface area contributed by atoms with Crippen molar-refractivity contribution in [1.29, 1.82) is 0 Å². The number of thiophene rings is 1. The standard InChI is InChI=1S/C18H14F2N2O3S2/c1-22(27(24,25)17-3-2-10-26-17)14-7-4-12(5-8-14)18(23)21-13-6-9-15(19)16(20)11-13/h2-11H,1H3,(H,21,23). The second-order valence-electron chi connectivity index (χ2n) is 5.53. The normalized spacial score (nSPS) is 11.2. The van der Waals surface area contributed by atoms with Crippen LogP contribution < -0.4 is 9.62 Å². The molecule has 0 saturated carbocycles. The Kier molecular flexibility index (Phi) is 5.24. The topological polar surface area (TPSA) is 66.5 Å². The highest BCUT2D eigenvalue weighted by Crippen LogP contribution is 2.25. The summed E-state index contributed by atoms with van der Waals surface area (Å²) in [5.41, 5.74) is 0.735. The van der Waals surface area contributed by atoms with Crippen LogP contribution in [0, 0.1) is 11.6 Å². The van der Waals surface area contributed by atoms with E-state index in [1.807, 2.05) is 0 Å². The van der Waals surface area contributed by atoms with E-state index in [-0.39, 0.29) is 15.5 Å². The molecule has 2 aromatic carbocycles. The van der Waals surface area contributed by atoms with Crippen LogP contribution in [-0.4, -0.2) is 21.4 Å². The minimum absolute atomic E-state index is 0.111. The van der Waals surface area contributed by atoms with E-state index in [0.717, 1.165) is 27.8 Å². The number of carbonyl (C=O) groups excluding carboxylic acids is 1. The van der Waals surface area contributed by atoms with Crippen molar-refractivity contribution < 1.29 is 22.0 Å². The van der Waals surface area contributed by atoms with Gasteiger partial charge in [0.2, 0.25) is 0 Å². The van der Waals surface area contributed by atoms with Crippen molar-refractivity contribution in [3.05, 3.63) is 77.2 Å². The van der Waals surface area contributed by atoms with E-state index in [0.29, 0.717) is 5.69 Å². The van der Waals surface area contributed by atoms with Crippen LogP contribution in [0.3, 0.4) is 0 Å². The van der Waals surface area contributed by atoms with E-state index < -0.39 is 27.6 Å². The lowest BCUT2D eigenvalue weighted by molar-refractivity contribution is 0.102. The summed E-state index contributed by atoms with van der Waals surface area (Å²) >= 11 is 1.11. The number of halogens is 2. The van der Waals surface area contributed by atoms with Gasteiger partial charge in [-0.2, -0.15) is 0 Å². The highest BCUT2D eigenvalue weighted by molar-refractivity contribution is 7.94. The number of sulfonamides is 1. The molecule has 0 aliphatic rings. The number of nitrogens with zero attached hydrogens (tertiary/aromatic N) is 1. The number of benzene rings is 2. The molecule has 0 saturated heterocycles. The van der Waals surface area contributed by atoms with Gasteiger partial charge in [-0.05, 0) is 47.8 Å². The molecule has 5 nitrogen and oxygen atoms in total. The maximum absolute atomic E-state index is 13.2. The number of rotatable bonds is 5. The minimum atomic E-state index is -3.67. The number of amides is 1. The Morgan fingerprint density at radius 1 is 1.04 bits per heavy atom. The minimum Gasteiger partial charge on any atom is -0.322 e. The van der Waals surface area contributed by atoms with Gasteiger partial charge in [0.15, 0.2) is 11.6 Å². The molecular weight excluding hydrogens is 394 g/mol. The molecule has 0 aliphatic carbocycles. The number of carbonyl (C=O) groups is 1. The van der Waals surface area contributed by atoms with Gasteiger partial charge in [0.05, 0.1) is 5.69 Å². The SMILES string of the molecule is CN(c1ccc(C(=O)Nc2ccc(F)c(F)c2)cc1)S(=O)(=O)c1cccs1. The van der Waals surface area contributed by atoms with Crippen LogP contribution in [0.5, 0.6) is 0 Å². The molecule has 27 heavy (non-hydrogen) atoms. The molecule has 1 aromatic heterocycles. The summed E-state index contributed by atoms with van der Waals surface area (Å²) in [4.78, 5) is 12.2. The van der Waals surface area contributed by atoms with Gasteiger partial charge in [-0.25, -0.2) is 17.2 Å². The summed E-state index contributed by atoms with van der Waals surface area (Å²) in [6.07, 6.45) is 0. The molecule has 140 valence electrons. The van der Waals surface area contributed by atoms with Crippen molar-refractivity contribution in [1.82, 2.24) is 0 Å². The molecule has 0 spiro atoms. The Labute approximate surface area is 158 Å². The zero-order valence-electron chi connectivity index (χ0n) is 14.0. The van der Waals surface area contributed by atoms with Crippen LogP contribution in [0.15, 0.2) is 64.2 Å². The molecule has 0 fully saturated rings. The Bertz CT molecular complexity index is 1070. The second-order valence-corrected chi connectivity index (χ2v) is 8.68. The van der Waals surface area contributed by atoms with Crippen molar-refractivity contribution in [3.63, 3.8) is 0 Å². The van der Waals surface area contributed by atoms with Gasteiger partial charge in [0.25, 0.3) is 15.9 Å². The predicted molar refractivity (Wildman–Crippen MR) is 101 cm³/mol. The van der Waals surface area contributed by atoms with E-state index in [9.17, 15) is 22.0 Å². The van der Waals surface area contributed by atoms with Crippen LogP contribution in [0.4, 0.5) is 20.2 Å². The van der Waals surface area contributed by atoms with E-state index in [1.165, 1.54) is 43.4 Å². The first-order valence-corrected chi connectivity index (χ1v) is 10.00. The molecule has 3 aromatic rings. The number of hydrogen-bond acceptors (Lipinski definition) is 4. The van der Waals surface area contributed by atoms with Gasteiger partial charge in [0.1, 0.15) is 4.21 Å². The lowest BCUT2D eigenvalue weighted by Gasteiger charge is -2.18. The molecule has 1 heterocycles. The van der Waals surface area contributed by atoms with Crippen molar-refractivity contribution in [2.24, 2.45) is 0 Å². The van der Waals surface area contributed by atoms with Crippen LogP contribution in [0.1, 0.15) is 10.4 Å². The highest BCUT2D eigenvalue weighted by atomic mass is 32.2. The van der Waals surface area contributed by atoms with Crippen molar-refractivity contribution >= 4 is 38.6 Å². The third-order valence-electron chi connectivity index (χ3n) is 3.78. The number of anilines is 2. The molecule has 0 bridgehead atoms. The third-order valence-corrected chi connectivity index (χ3v) is 6.94. The van der Waals surface area contributed by atoms with E-state index in [4.69, 9.17) is 0 Å². The van der Waals surface area contributed by atoms with Crippen molar-refractivity contribution in [2.45, 2.75) is 4.21 Å². The molecule has 0 atom stereocenters. The van der Waals surface area contributed by atoms with Gasteiger partial charge in [0, 0.05) is 24.4 Å². The number of nitrogens with one attached hydrogen (secondary N) is 1. The summed E-state index contributed by atoms with van der Waals surface area (Å²) in [5.74, 6) is -2.60. The predicted octanol–water partition coefficient (Wildman–Crippen LogP) is 4.10. The Morgan fingerprint density at radius 3 is 2.33 bits per heavy atom. The first-order valence-electron chi connectivity index (χ1n) is 7.68. The zero-order chi connectivity index (χ0) is 19.6. The first-order chi connectivity index (χ1) is 12.8. The molecule has 0 unspecified atom stereocenters. The Balaban J connectivity index is 1.76. The summed E-state index contributed by atoms with van der Waals surface area (Å²) in [5, 5.41) is 4.12. The molecule has 1 N–H and O–H groups in total. The summed E-state index contributed by atoms with van der Waals surface area (Å²) in [6, 6.07) is 12.1. The van der Waals surface area contributed by atoms with Crippen LogP contribution in [-0.2, 0) is 10.0 Å².